The van der Waals surface area contributed by atoms with Gasteiger partial charge in [0.15, 0.2) is 5.13 Å². The summed E-state index contributed by atoms with van der Waals surface area (Å²) in [5.41, 5.74) is 2.09. The van der Waals surface area contributed by atoms with Crippen molar-refractivity contribution in [1.29, 1.82) is 0 Å². The second kappa shape index (κ2) is 7.31. The molecule has 2 heterocycles. The van der Waals surface area contributed by atoms with Crippen LogP contribution in [-0.4, -0.2) is 30.4 Å². The van der Waals surface area contributed by atoms with Gasteiger partial charge in [-0.15, -0.1) is 22.7 Å². The number of thiophene rings is 1. The van der Waals surface area contributed by atoms with E-state index in [1.807, 2.05) is 6.92 Å². The van der Waals surface area contributed by atoms with Gasteiger partial charge in [-0.3, -0.25) is 9.59 Å². The van der Waals surface area contributed by atoms with Crippen LogP contribution in [0, 0.1) is 0 Å². The maximum Gasteiger partial charge on any atom is 0.275 e. The molecule has 0 radical (unpaired) electrons. The number of hydrogen-bond donors (Lipinski definition) is 3. The van der Waals surface area contributed by atoms with Crippen molar-refractivity contribution in [1.82, 2.24) is 10.3 Å². The van der Waals surface area contributed by atoms with Gasteiger partial charge in [0.1, 0.15) is 10.7 Å². The zero-order valence-electron chi connectivity index (χ0n) is 13.7. The Morgan fingerprint density at radius 2 is 2.04 bits per heavy atom. The molecule has 3 rings (SSSR count). The van der Waals surface area contributed by atoms with E-state index in [0.29, 0.717) is 27.9 Å². The number of anilines is 2. The van der Waals surface area contributed by atoms with Crippen molar-refractivity contribution in [2.75, 3.05) is 24.2 Å². The fourth-order valence-corrected chi connectivity index (χ4v) is 4.74. The van der Waals surface area contributed by atoms with Crippen molar-refractivity contribution in [3.8, 4) is 0 Å². The lowest BCUT2D eigenvalue weighted by atomic mass is 9.95. The number of carbonyl (C=O) groups excluding carboxylic acids is 2. The van der Waals surface area contributed by atoms with Gasteiger partial charge >= 0.3 is 0 Å². The van der Waals surface area contributed by atoms with Crippen LogP contribution in [0.25, 0.3) is 0 Å². The van der Waals surface area contributed by atoms with Crippen LogP contribution < -0.4 is 16.0 Å². The predicted molar refractivity (Wildman–Crippen MR) is 98.6 cm³/mol. The summed E-state index contributed by atoms with van der Waals surface area (Å²) >= 11 is 2.89. The molecule has 1 aliphatic rings. The number of carbonyl (C=O) groups is 2. The largest absolute Gasteiger partial charge is 0.365 e. The van der Waals surface area contributed by atoms with E-state index in [2.05, 4.69) is 20.9 Å². The van der Waals surface area contributed by atoms with E-state index in [-0.39, 0.29) is 11.8 Å². The van der Waals surface area contributed by atoms with Gasteiger partial charge in [0.2, 0.25) is 0 Å². The molecule has 128 valence electrons. The Balaban J connectivity index is 1.90. The minimum absolute atomic E-state index is 0.110. The fraction of sp³-hybridized carbons (Fsp3) is 0.438. The number of thiazole rings is 1. The molecular formula is C16H20N4O2S2. The molecule has 8 heteroatoms. The van der Waals surface area contributed by atoms with Gasteiger partial charge in [0, 0.05) is 23.8 Å². The first-order valence-electron chi connectivity index (χ1n) is 8.01. The summed E-state index contributed by atoms with van der Waals surface area (Å²) in [6.07, 6.45) is 4.09. The molecule has 0 aromatic carbocycles. The molecule has 2 aromatic heterocycles. The molecule has 24 heavy (non-hydrogen) atoms. The van der Waals surface area contributed by atoms with E-state index >= 15 is 0 Å². The molecule has 0 saturated heterocycles. The van der Waals surface area contributed by atoms with E-state index in [1.165, 1.54) is 27.6 Å². The van der Waals surface area contributed by atoms with Gasteiger partial charge in [0.25, 0.3) is 11.8 Å². The molecule has 0 atom stereocenters. The van der Waals surface area contributed by atoms with E-state index < -0.39 is 0 Å². The highest BCUT2D eigenvalue weighted by Crippen LogP contribution is 2.38. The predicted octanol–water partition coefficient (Wildman–Crippen LogP) is 3.13. The lowest BCUT2D eigenvalue weighted by Crippen LogP contribution is -2.25. The van der Waals surface area contributed by atoms with Gasteiger partial charge in [-0.25, -0.2) is 4.98 Å². The number of amides is 2. The fourth-order valence-electron chi connectivity index (χ4n) is 2.80. The maximum absolute atomic E-state index is 12.5. The molecule has 0 bridgehead atoms. The van der Waals surface area contributed by atoms with Gasteiger partial charge in [0.05, 0.1) is 5.56 Å². The quantitative estimate of drug-likeness (QED) is 0.761. The van der Waals surface area contributed by atoms with Crippen LogP contribution in [0.2, 0.25) is 0 Å². The average Bonchev–Trinajstić information content (AvgIpc) is 3.19. The minimum atomic E-state index is -0.281. The third-order valence-electron chi connectivity index (χ3n) is 3.91. The number of fused-ring (bicyclic) bond motifs is 1. The molecule has 0 spiro atoms. The maximum atomic E-state index is 12.5. The molecule has 2 aromatic rings. The molecule has 0 aliphatic heterocycles. The van der Waals surface area contributed by atoms with Crippen LogP contribution in [0.1, 0.15) is 51.1 Å². The first-order chi connectivity index (χ1) is 11.6. The number of aryl methyl sites for hydroxylation is 1. The Morgan fingerprint density at radius 3 is 2.75 bits per heavy atom. The highest BCUT2D eigenvalue weighted by molar-refractivity contribution is 7.17. The summed E-state index contributed by atoms with van der Waals surface area (Å²) in [4.78, 5) is 30.4. The number of nitrogens with zero attached hydrogens (tertiary/aromatic N) is 1. The zero-order chi connectivity index (χ0) is 17.1. The number of hydrogen-bond acceptors (Lipinski definition) is 6. The summed E-state index contributed by atoms with van der Waals surface area (Å²) in [5, 5.41) is 11.7. The normalized spacial score (nSPS) is 13.2. The first kappa shape index (κ1) is 16.9. The van der Waals surface area contributed by atoms with Crippen molar-refractivity contribution in [2.45, 2.75) is 32.6 Å². The first-order valence-corrected chi connectivity index (χ1v) is 9.71. The van der Waals surface area contributed by atoms with Crippen molar-refractivity contribution in [2.24, 2.45) is 0 Å². The van der Waals surface area contributed by atoms with Crippen molar-refractivity contribution >= 4 is 44.6 Å². The molecule has 0 saturated carbocycles. The number of rotatable bonds is 5. The van der Waals surface area contributed by atoms with Gasteiger partial charge in [-0.2, -0.15) is 0 Å². The molecular weight excluding hydrogens is 344 g/mol. The molecule has 0 fully saturated rings. The highest BCUT2D eigenvalue weighted by atomic mass is 32.1. The van der Waals surface area contributed by atoms with Crippen LogP contribution in [0.15, 0.2) is 5.38 Å². The standard InChI is InChI=1S/C16H20N4O2S2/c1-3-18-14(22)12-9-6-4-5-7-11(9)24-15(12)20-13(21)10-8-23-16(17-2)19-10/h8H,3-7H2,1-2H3,(H,17,19)(H,18,22)(H,20,21). The zero-order valence-corrected chi connectivity index (χ0v) is 15.3. The SMILES string of the molecule is CCNC(=O)c1c(NC(=O)c2csc(NC)n2)sc2c1CCCC2. The topological polar surface area (TPSA) is 83.1 Å². The minimum Gasteiger partial charge on any atom is -0.365 e. The van der Waals surface area contributed by atoms with Crippen molar-refractivity contribution < 1.29 is 9.59 Å². The monoisotopic (exact) mass is 364 g/mol. The van der Waals surface area contributed by atoms with Crippen molar-refractivity contribution in [3.63, 3.8) is 0 Å². The Morgan fingerprint density at radius 1 is 1.25 bits per heavy atom. The van der Waals surface area contributed by atoms with E-state index in [1.54, 1.807) is 12.4 Å². The molecule has 1 aliphatic carbocycles. The lowest BCUT2D eigenvalue weighted by Gasteiger charge is -2.12. The molecule has 6 nitrogen and oxygen atoms in total. The number of nitrogens with one attached hydrogen (secondary N) is 3. The van der Waals surface area contributed by atoms with Crippen LogP contribution in [0.3, 0.4) is 0 Å². The van der Waals surface area contributed by atoms with Crippen LogP contribution in [0.4, 0.5) is 10.1 Å². The average molecular weight is 364 g/mol. The van der Waals surface area contributed by atoms with Gasteiger partial charge in [-0.05, 0) is 38.2 Å². The van der Waals surface area contributed by atoms with Crippen LogP contribution in [0.5, 0.6) is 0 Å². The van der Waals surface area contributed by atoms with E-state index in [0.717, 1.165) is 31.2 Å². The second-order valence-electron chi connectivity index (χ2n) is 5.52. The Kier molecular flexibility index (Phi) is 5.15. The Hall–Kier alpha value is -1.93. The van der Waals surface area contributed by atoms with Crippen molar-refractivity contribution in [3.05, 3.63) is 27.1 Å². The third-order valence-corrected chi connectivity index (χ3v) is 5.98. The summed E-state index contributed by atoms with van der Waals surface area (Å²) in [6, 6.07) is 0. The summed E-state index contributed by atoms with van der Waals surface area (Å²) < 4.78 is 0. The third kappa shape index (κ3) is 3.29. The summed E-state index contributed by atoms with van der Waals surface area (Å²) in [7, 11) is 1.76. The lowest BCUT2D eigenvalue weighted by molar-refractivity contribution is 0.0956. The molecule has 0 unspecified atom stereocenters. The molecule has 2 amide bonds. The summed E-state index contributed by atoms with van der Waals surface area (Å²) in [5.74, 6) is -0.390. The Labute approximate surface area is 148 Å². The van der Waals surface area contributed by atoms with Gasteiger partial charge < -0.3 is 16.0 Å². The van der Waals surface area contributed by atoms with Crippen LogP contribution in [-0.2, 0) is 12.8 Å². The molecule has 3 N–H and O–H groups in total. The van der Waals surface area contributed by atoms with E-state index in [4.69, 9.17) is 0 Å². The highest BCUT2D eigenvalue weighted by Gasteiger charge is 2.26. The van der Waals surface area contributed by atoms with E-state index in [9.17, 15) is 9.59 Å². The van der Waals surface area contributed by atoms with Gasteiger partial charge in [-0.1, -0.05) is 0 Å². The second-order valence-corrected chi connectivity index (χ2v) is 7.48. The smallest absolute Gasteiger partial charge is 0.275 e. The number of aromatic nitrogens is 1. The van der Waals surface area contributed by atoms with Crippen LogP contribution >= 0.6 is 22.7 Å². The Bertz CT molecular complexity index is 766. The summed E-state index contributed by atoms with van der Waals surface area (Å²) in [6.45, 7) is 2.46.